The van der Waals surface area contributed by atoms with Crippen LogP contribution < -0.4 is 0 Å². The van der Waals surface area contributed by atoms with Crippen LogP contribution in [0.25, 0.3) is 0 Å². The van der Waals surface area contributed by atoms with E-state index in [1.165, 1.54) is 0 Å². The molecule has 0 amide bonds. The molecule has 1 aliphatic rings. The molecule has 1 heterocycles. The number of rotatable bonds is 2. The van der Waals surface area contributed by atoms with E-state index in [4.69, 9.17) is 10.7 Å². The van der Waals surface area contributed by atoms with Crippen molar-refractivity contribution in [3.8, 4) is 0 Å². The lowest BCUT2D eigenvalue weighted by atomic mass is 10.4. The normalized spacial score (nSPS) is 26.5. The van der Waals surface area contributed by atoms with Gasteiger partial charge in [-0.2, -0.15) is 0 Å². The van der Waals surface area contributed by atoms with Gasteiger partial charge < -0.3 is 0 Å². The maximum atomic E-state index is 11.0. The van der Waals surface area contributed by atoms with Crippen molar-refractivity contribution in [2.75, 3.05) is 19.3 Å². The molecule has 1 saturated heterocycles. The first-order valence-corrected chi connectivity index (χ1v) is 7.82. The molecule has 1 rings (SSSR count). The maximum absolute atomic E-state index is 11.0. The molecule has 0 aromatic rings. The van der Waals surface area contributed by atoms with Crippen LogP contribution in [0.1, 0.15) is 6.42 Å². The highest BCUT2D eigenvalue weighted by Gasteiger charge is 2.35. The van der Waals surface area contributed by atoms with E-state index < -0.39 is 24.3 Å². The molecule has 1 atom stereocenters. The summed E-state index contributed by atoms with van der Waals surface area (Å²) >= 11 is 0. The first-order chi connectivity index (χ1) is 5.71. The van der Waals surface area contributed by atoms with Gasteiger partial charge in [-0.25, -0.2) is 21.1 Å². The van der Waals surface area contributed by atoms with Crippen molar-refractivity contribution in [1.29, 1.82) is 0 Å². The Morgan fingerprint density at radius 2 is 1.85 bits per heavy atom. The van der Waals surface area contributed by atoms with E-state index >= 15 is 0 Å². The Balaban J connectivity index is 2.77. The van der Waals surface area contributed by atoms with E-state index in [0.717, 1.165) is 10.6 Å². The molecule has 1 fully saturated rings. The lowest BCUT2D eigenvalue weighted by Gasteiger charge is -2.11. The van der Waals surface area contributed by atoms with Crippen LogP contribution in [0.4, 0.5) is 0 Å². The van der Waals surface area contributed by atoms with Crippen molar-refractivity contribution in [3.05, 3.63) is 0 Å². The fraction of sp³-hybridized carbons (Fsp3) is 1.00. The Labute approximate surface area is 82.1 Å². The summed E-state index contributed by atoms with van der Waals surface area (Å²) in [6.07, 6.45) is 1.33. The highest BCUT2D eigenvalue weighted by Crippen LogP contribution is 2.21. The minimum atomic E-state index is -3.63. The molecule has 1 aliphatic heterocycles. The van der Waals surface area contributed by atoms with Gasteiger partial charge in [0.15, 0.2) is 0 Å². The van der Waals surface area contributed by atoms with Gasteiger partial charge in [0.1, 0.15) is 0 Å². The van der Waals surface area contributed by atoms with Crippen LogP contribution in [0.2, 0.25) is 0 Å². The molecule has 0 N–H and O–H groups in total. The molecule has 78 valence electrons. The van der Waals surface area contributed by atoms with Gasteiger partial charge in [-0.3, -0.25) is 0 Å². The monoisotopic (exact) mass is 247 g/mol. The quantitative estimate of drug-likeness (QED) is 0.622. The Hall–Kier alpha value is 0.150. The van der Waals surface area contributed by atoms with Crippen LogP contribution in [0.5, 0.6) is 0 Å². The fourth-order valence-corrected chi connectivity index (χ4v) is 3.39. The van der Waals surface area contributed by atoms with Gasteiger partial charge in [-0.15, -0.1) is 0 Å². The van der Waals surface area contributed by atoms with Crippen LogP contribution in [0.3, 0.4) is 0 Å². The molecule has 13 heavy (non-hydrogen) atoms. The summed E-state index contributed by atoms with van der Waals surface area (Å²) < 4.78 is 44.8. The van der Waals surface area contributed by atoms with E-state index in [-0.39, 0.29) is 19.5 Å². The zero-order chi connectivity index (χ0) is 10.3. The van der Waals surface area contributed by atoms with Crippen molar-refractivity contribution in [3.63, 3.8) is 0 Å². The van der Waals surface area contributed by atoms with Crippen LogP contribution in [0.15, 0.2) is 0 Å². The standard InChI is InChI=1S/C5H10ClNO4S2/c1-12(8,9)7-3-2-5(4-7)13(6,10)11/h5H,2-4H2,1H3. The third-order valence-corrected chi connectivity index (χ3v) is 5.18. The SMILES string of the molecule is CS(=O)(=O)N1CCC(S(=O)(=O)Cl)C1. The summed E-state index contributed by atoms with van der Waals surface area (Å²) in [6.45, 7) is 0.208. The average Bonchev–Trinajstić information content (AvgIpc) is 2.28. The van der Waals surface area contributed by atoms with Crippen LogP contribution in [-0.4, -0.2) is 45.7 Å². The van der Waals surface area contributed by atoms with E-state index in [0.29, 0.717) is 0 Å². The number of hydrogen-bond donors (Lipinski definition) is 0. The second-order valence-corrected chi connectivity index (χ2v) is 7.90. The predicted octanol–water partition coefficient (Wildman–Crippen LogP) is -0.411. The van der Waals surface area contributed by atoms with Crippen LogP contribution in [0, 0.1) is 0 Å². The third-order valence-electron chi connectivity index (χ3n) is 1.97. The van der Waals surface area contributed by atoms with Crippen molar-refractivity contribution < 1.29 is 16.8 Å². The molecule has 0 saturated carbocycles. The minimum Gasteiger partial charge on any atom is -0.213 e. The summed E-state index contributed by atoms with van der Waals surface area (Å²) in [4.78, 5) is 0. The van der Waals surface area contributed by atoms with Gasteiger partial charge >= 0.3 is 0 Å². The number of nitrogens with zero attached hydrogens (tertiary/aromatic N) is 1. The molecule has 1 unspecified atom stereocenters. The van der Waals surface area contributed by atoms with Gasteiger partial charge in [0.05, 0.1) is 11.5 Å². The predicted molar refractivity (Wildman–Crippen MR) is 49.6 cm³/mol. The molecule has 0 radical (unpaired) electrons. The molecule has 0 bridgehead atoms. The number of halogens is 1. The van der Waals surface area contributed by atoms with E-state index in [1.807, 2.05) is 0 Å². The molecule has 0 aromatic carbocycles. The first-order valence-electron chi connectivity index (χ1n) is 3.60. The van der Waals surface area contributed by atoms with Crippen molar-refractivity contribution >= 4 is 29.8 Å². The zero-order valence-electron chi connectivity index (χ0n) is 6.97. The number of sulfonamides is 1. The summed E-state index contributed by atoms with van der Waals surface area (Å²) in [7, 11) is -1.81. The Morgan fingerprint density at radius 1 is 1.31 bits per heavy atom. The van der Waals surface area contributed by atoms with E-state index in [2.05, 4.69) is 0 Å². The summed E-state index contributed by atoms with van der Waals surface area (Å²) in [5, 5.41) is -0.760. The van der Waals surface area contributed by atoms with Gasteiger partial charge in [0.25, 0.3) is 0 Å². The highest BCUT2D eigenvalue weighted by molar-refractivity contribution is 8.14. The first kappa shape index (κ1) is 11.2. The van der Waals surface area contributed by atoms with Crippen molar-refractivity contribution in [2.24, 2.45) is 0 Å². The Kier molecular flexibility index (Phi) is 2.92. The Morgan fingerprint density at radius 3 is 2.08 bits per heavy atom. The zero-order valence-corrected chi connectivity index (χ0v) is 9.36. The summed E-state index contributed by atoms with van der Waals surface area (Å²) in [5.74, 6) is 0. The smallest absolute Gasteiger partial charge is 0.213 e. The average molecular weight is 248 g/mol. The number of hydrogen-bond acceptors (Lipinski definition) is 4. The fourth-order valence-electron chi connectivity index (χ4n) is 1.23. The topological polar surface area (TPSA) is 71.5 Å². The highest BCUT2D eigenvalue weighted by atomic mass is 35.7. The van der Waals surface area contributed by atoms with Gasteiger partial charge in [-0.1, -0.05) is 0 Å². The van der Waals surface area contributed by atoms with Crippen molar-refractivity contribution in [2.45, 2.75) is 11.7 Å². The minimum absolute atomic E-state index is 0.0231. The van der Waals surface area contributed by atoms with Crippen molar-refractivity contribution in [1.82, 2.24) is 4.31 Å². The van der Waals surface area contributed by atoms with Gasteiger partial charge in [0.2, 0.25) is 19.1 Å². The molecule has 0 aliphatic carbocycles. The molecule has 0 spiro atoms. The maximum Gasteiger partial charge on any atom is 0.236 e. The molecule has 8 heteroatoms. The molecule has 0 aromatic heterocycles. The summed E-state index contributed by atoms with van der Waals surface area (Å²) in [5.41, 5.74) is 0. The van der Waals surface area contributed by atoms with Crippen LogP contribution in [-0.2, 0) is 19.1 Å². The Bertz CT molecular complexity index is 349. The third kappa shape index (κ3) is 2.80. The van der Waals surface area contributed by atoms with E-state index in [1.54, 1.807) is 0 Å². The second kappa shape index (κ2) is 3.38. The van der Waals surface area contributed by atoms with Gasteiger partial charge in [0, 0.05) is 23.8 Å². The molecular weight excluding hydrogens is 238 g/mol. The lowest BCUT2D eigenvalue weighted by molar-refractivity contribution is 0.482. The lowest BCUT2D eigenvalue weighted by Crippen LogP contribution is -2.29. The largest absolute Gasteiger partial charge is 0.236 e. The molecular formula is C5H10ClNO4S2. The van der Waals surface area contributed by atoms with Gasteiger partial charge in [-0.05, 0) is 6.42 Å². The second-order valence-electron chi connectivity index (χ2n) is 3.01. The summed E-state index contributed by atoms with van der Waals surface area (Å²) in [6, 6.07) is 0. The van der Waals surface area contributed by atoms with Crippen LogP contribution >= 0.6 is 10.7 Å². The molecule has 5 nitrogen and oxygen atoms in total. The van der Waals surface area contributed by atoms with E-state index in [9.17, 15) is 16.8 Å².